The molecule has 1 aromatic carbocycles. The van der Waals surface area contributed by atoms with E-state index in [-0.39, 0.29) is 29.1 Å². The van der Waals surface area contributed by atoms with Crippen molar-refractivity contribution in [2.24, 2.45) is 10.7 Å². The normalized spacial score (nSPS) is 12.3. The van der Waals surface area contributed by atoms with Gasteiger partial charge >= 0.3 is 5.97 Å². The van der Waals surface area contributed by atoms with Gasteiger partial charge in [0.1, 0.15) is 18.2 Å². The second-order valence-electron chi connectivity index (χ2n) is 4.58. The third kappa shape index (κ3) is 5.27. The van der Waals surface area contributed by atoms with Crippen LogP contribution in [0.5, 0.6) is 0 Å². The molecule has 0 aliphatic rings. The van der Waals surface area contributed by atoms with Crippen molar-refractivity contribution in [2.45, 2.75) is 13.5 Å². The van der Waals surface area contributed by atoms with Gasteiger partial charge in [-0.2, -0.15) is 4.99 Å². The summed E-state index contributed by atoms with van der Waals surface area (Å²) in [6, 6.07) is 4.06. The number of nitrogens with two attached hydrogens (primary N) is 1. The van der Waals surface area contributed by atoms with Crippen molar-refractivity contribution < 1.29 is 23.4 Å². The highest BCUT2D eigenvalue weighted by Gasteiger charge is 2.17. The van der Waals surface area contributed by atoms with E-state index in [0.717, 1.165) is 0 Å². The van der Waals surface area contributed by atoms with Crippen molar-refractivity contribution in [3.63, 3.8) is 0 Å². The molecular formula is C16H18ClFN2O4. The van der Waals surface area contributed by atoms with Gasteiger partial charge in [-0.3, -0.25) is 0 Å². The number of allylic oxidation sites excluding steroid dienone is 1. The second-order valence-corrected chi connectivity index (χ2v) is 4.99. The zero-order valence-electron chi connectivity index (χ0n) is 13.6. The van der Waals surface area contributed by atoms with Crippen molar-refractivity contribution in [3.05, 3.63) is 58.2 Å². The Bertz CT molecular complexity index is 701. The van der Waals surface area contributed by atoms with E-state index in [1.807, 2.05) is 0 Å². The van der Waals surface area contributed by atoms with E-state index in [2.05, 4.69) is 16.3 Å². The monoisotopic (exact) mass is 356 g/mol. The molecule has 0 spiro atoms. The first-order valence-corrected chi connectivity index (χ1v) is 7.11. The minimum absolute atomic E-state index is 0.0195. The summed E-state index contributed by atoms with van der Waals surface area (Å²) in [4.78, 5) is 15.6. The van der Waals surface area contributed by atoms with Gasteiger partial charge in [0.05, 0.1) is 19.2 Å². The zero-order valence-corrected chi connectivity index (χ0v) is 14.3. The molecule has 0 saturated carbocycles. The minimum atomic E-state index is -0.727. The van der Waals surface area contributed by atoms with Crippen LogP contribution in [0.4, 0.5) is 4.39 Å². The zero-order chi connectivity index (χ0) is 18.3. The smallest absolute Gasteiger partial charge is 0.357 e. The van der Waals surface area contributed by atoms with Gasteiger partial charge in [-0.25, -0.2) is 9.18 Å². The summed E-state index contributed by atoms with van der Waals surface area (Å²) in [6.07, 6.45) is 0. The lowest BCUT2D eigenvalue weighted by molar-refractivity contribution is -0.136. The average molecular weight is 357 g/mol. The number of carbonyl (C=O) groups is 1. The molecule has 0 heterocycles. The third-order valence-corrected chi connectivity index (χ3v) is 3.29. The van der Waals surface area contributed by atoms with Crippen LogP contribution < -0.4 is 5.73 Å². The topological polar surface area (TPSA) is 83.1 Å². The van der Waals surface area contributed by atoms with Crippen molar-refractivity contribution in [3.8, 4) is 0 Å². The minimum Gasteiger partial charge on any atom is -0.489 e. The number of hydrogen-bond acceptors (Lipinski definition) is 5. The maximum atomic E-state index is 13.4. The number of aliphatic imine (C=N–C) groups is 1. The molecule has 0 aliphatic carbocycles. The first-order chi connectivity index (χ1) is 11.3. The number of ether oxygens (including phenoxy) is 3. The first kappa shape index (κ1) is 19.5. The fourth-order valence-corrected chi connectivity index (χ4v) is 1.69. The predicted octanol–water partition coefficient (Wildman–Crippen LogP) is 2.92. The van der Waals surface area contributed by atoms with Crippen molar-refractivity contribution in [2.75, 3.05) is 14.2 Å². The maximum absolute atomic E-state index is 13.4. The second kappa shape index (κ2) is 8.93. The Morgan fingerprint density at radius 3 is 2.58 bits per heavy atom. The van der Waals surface area contributed by atoms with Crippen LogP contribution in [0, 0.1) is 5.82 Å². The number of rotatable bonds is 6. The van der Waals surface area contributed by atoms with Gasteiger partial charge in [-0.15, -0.1) is 0 Å². The summed E-state index contributed by atoms with van der Waals surface area (Å²) >= 11 is 5.62. The molecule has 1 aromatic rings. The van der Waals surface area contributed by atoms with Crippen LogP contribution in [-0.2, 0) is 25.6 Å². The predicted molar refractivity (Wildman–Crippen MR) is 88.7 cm³/mol. The van der Waals surface area contributed by atoms with Gasteiger partial charge in [0.15, 0.2) is 5.70 Å². The molecular weight excluding hydrogens is 339 g/mol. The van der Waals surface area contributed by atoms with Gasteiger partial charge in [0, 0.05) is 5.57 Å². The van der Waals surface area contributed by atoms with Crippen molar-refractivity contribution in [1.82, 2.24) is 0 Å². The molecule has 0 fully saturated rings. The van der Waals surface area contributed by atoms with Gasteiger partial charge < -0.3 is 19.9 Å². The quantitative estimate of drug-likeness (QED) is 0.211. The van der Waals surface area contributed by atoms with Gasteiger partial charge in [0.2, 0.25) is 0 Å². The van der Waals surface area contributed by atoms with E-state index < -0.39 is 11.8 Å². The molecule has 0 unspecified atom stereocenters. The van der Waals surface area contributed by atoms with Gasteiger partial charge in [-0.1, -0.05) is 24.2 Å². The molecule has 2 N–H and O–H groups in total. The number of amidine groups is 1. The highest BCUT2D eigenvalue weighted by Crippen LogP contribution is 2.20. The number of carbonyl (C=O) groups excluding carboxylic acids is 1. The van der Waals surface area contributed by atoms with Crippen LogP contribution in [0.25, 0.3) is 0 Å². The number of halogens is 2. The van der Waals surface area contributed by atoms with E-state index in [1.54, 1.807) is 13.0 Å². The SMILES string of the molecule is C=C(OCc1ccc(Cl)c(F)c1)/C(C)=C(\N=C(/N)OC)C(=O)OC. The molecule has 0 bridgehead atoms. The Hall–Kier alpha value is -2.54. The molecule has 8 heteroatoms. The molecule has 6 nitrogen and oxygen atoms in total. The summed E-state index contributed by atoms with van der Waals surface area (Å²) in [5.41, 5.74) is 6.20. The van der Waals surface area contributed by atoms with Crippen molar-refractivity contribution >= 4 is 23.6 Å². The molecule has 0 aromatic heterocycles. The molecule has 130 valence electrons. The Morgan fingerprint density at radius 2 is 2.04 bits per heavy atom. The lowest BCUT2D eigenvalue weighted by Gasteiger charge is -2.12. The molecule has 0 amide bonds. The summed E-state index contributed by atoms with van der Waals surface area (Å²) in [5, 5.41) is 0.0195. The first-order valence-electron chi connectivity index (χ1n) is 6.73. The van der Waals surface area contributed by atoms with Gasteiger partial charge in [0.25, 0.3) is 6.02 Å². The van der Waals surface area contributed by atoms with E-state index in [9.17, 15) is 9.18 Å². The average Bonchev–Trinajstić information content (AvgIpc) is 2.58. The van der Waals surface area contributed by atoms with E-state index in [4.69, 9.17) is 26.8 Å². The Morgan fingerprint density at radius 1 is 1.38 bits per heavy atom. The van der Waals surface area contributed by atoms with E-state index in [1.165, 1.54) is 26.4 Å². The summed E-state index contributed by atoms with van der Waals surface area (Å²) < 4.78 is 28.2. The Balaban J connectivity index is 2.96. The van der Waals surface area contributed by atoms with Crippen molar-refractivity contribution in [1.29, 1.82) is 0 Å². The van der Waals surface area contributed by atoms with E-state index in [0.29, 0.717) is 11.1 Å². The number of hydrogen-bond donors (Lipinski definition) is 1. The van der Waals surface area contributed by atoms with Crippen LogP contribution in [0.15, 0.2) is 46.8 Å². The highest BCUT2D eigenvalue weighted by molar-refractivity contribution is 6.30. The van der Waals surface area contributed by atoms with Crippen LogP contribution in [0.2, 0.25) is 5.02 Å². The summed E-state index contributed by atoms with van der Waals surface area (Å²) in [7, 11) is 2.51. The Labute approximate surface area is 144 Å². The van der Waals surface area contributed by atoms with E-state index >= 15 is 0 Å². The largest absolute Gasteiger partial charge is 0.489 e. The highest BCUT2D eigenvalue weighted by atomic mass is 35.5. The molecule has 24 heavy (non-hydrogen) atoms. The fraction of sp³-hybridized carbons (Fsp3) is 0.250. The number of nitrogens with zero attached hydrogens (tertiary/aromatic N) is 1. The van der Waals surface area contributed by atoms with Crippen LogP contribution in [0.3, 0.4) is 0 Å². The summed E-state index contributed by atoms with van der Waals surface area (Å²) in [6.45, 7) is 5.31. The van der Waals surface area contributed by atoms with Crippen LogP contribution in [0.1, 0.15) is 12.5 Å². The lowest BCUT2D eigenvalue weighted by Crippen LogP contribution is -2.17. The maximum Gasteiger partial charge on any atom is 0.357 e. The third-order valence-electron chi connectivity index (χ3n) is 2.98. The molecule has 0 saturated heterocycles. The van der Waals surface area contributed by atoms with Crippen LogP contribution in [-0.4, -0.2) is 26.2 Å². The molecule has 0 atom stereocenters. The summed E-state index contributed by atoms with van der Waals surface area (Å²) in [5.74, 6) is -1.13. The standard InChI is InChI=1S/C16H18ClFN2O4/c1-9(14(15(21)22-3)20-16(19)23-4)10(2)24-8-11-5-6-12(17)13(18)7-11/h5-7H,2,8H2,1,3-4H3,(H2,19,20)/b14-9-. The van der Waals surface area contributed by atoms with Gasteiger partial charge in [-0.05, 0) is 24.6 Å². The Kier molecular flexibility index (Phi) is 7.26. The molecule has 1 rings (SSSR count). The molecule has 0 radical (unpaired) electrons. The lowest BCUT2D eigenvalue weighted by atomic mass is 10.2. The van der Waals surface area contributed by atoms with Crippen LogP contribution >= 0.6 is 11.6 Å². The fourth-order valence-electron chi connectivity index (χ4n) is 1.58. The molecule has 0 aliphatic heterocycles. The number of benzene rings is 1. The number of esters is 1. The number of methoxy groups -OCH3 is 2.